The summed E-state index contributed by atoms with van der Waals surface area (Å²) in [6.45, 7) is 2.21. The van der Waals surface area contributed by atoms with Gasteiger partial charge in [0, 0.05) is 20.2 Å². The average molecular weight is 428 g/mol. The molecule has 1 aromatic heterocycles. The fraction of sp³-hybridized carbons (Fsp3) is 0.368. The maximum Gasteiger partial charge on any atom is 0.422 e. The Balaban J connectivity index is 2.05. The van der Waals surface area contributed by atoms with Gasteiger partial charge in [0.1, 0.15) is 11.6 Å². The Kier molecular flexibility index (Phi) is 6.01. The number of ether oxygens (including phenoxy) is 1. The zero-order valence-electron chi connectivity index (χ0n) is 16.1. The summed E-state index contributed by atoms with van der Waals surface area (Å²) >= 11 is 0. The number of alkyl halides is 3. The van der Waals surface area contributed by atoms with Crippen LogP contribution in [-0.4, -0.2) is 58.4 Å². The Labute approximate surface area is 169 Å². The van der Waals surface area contributed by atoms with Gasteiger partial charge in [-0.3, -0.25) is 14.3 Å². The molecule has 2 heterocycles. The number of hydrogen-bond donors (Lipinski definition) is 1. The number of halogens is 4. The molecule has 0 fully saturated rings. The molecule has 0 saturated carbocycles. The topological polar surface area (TPSA) is 70.8 Å². The van der Waals surface area contributed by atoms with Gasteiger partial charge in [-0.15, -0.1) is 0 Å². The first-order valence-electron chi connectivity index (χ1n) is 9.02. The normalized spacial score (nSPS) is 14.3. The lowest BCUT2D eigenvalue weighted by Crippen LogP contribution is -2.44. The van der Waals surface area contributed by atoms with Crippen LogP contribution in [0.3, 0.4) is 0 Å². The van der Waals surface area contributed by atoms with Crippen LogP contribution >= 0.6 is 0 Å². The number of nitrogens with zero attached hydrogens (tertiary/aromatic N) is 4. The Hall–Kier alpha value is -3.08. The molecule has 0 bridgehead atoms. The summed E-state index contributed by atoms with van der Waals surface area (Å²) in [7, 11) is 1.57. The SMILES string of the molecule is C=C1N(CCCO)C(=O)c2c(nc(OCC(F)(F)F)n2Cc2ccc(F)cc2)N1C. The predicted octanol–water partition coefficient (Wildman–Crippen LogP) is 2.76. The molecule has 11 heteroatoms. The molecule has 3 rings (SSSR count). The number of rotatable bonds is 7. The second-order valence-electron chi connectivity index (χ2n) is 6.69. The zero-order chi connectivity index (χ0) is 22.1. The van der Waals surface area contributed by atoms with Crippen molar-refractivity contribution in [3.8, 4) is 6.01 Å². The Morgan fingerprint density at radius 2 is 1.90 bits per heavy atom. The fourth-order valence-corrected chi connectivity index (χ4v) is 3.05. The molecule has 1 aliphatic rings. The van der Waals surface area contributed by atoms with Crippen molar-refractivity contribution in [1.82, 2.24) is 14.5 Å². The lowest BCUT2D eigenvalue weighted by molar-refractivity contribution is -0.155. The highest BCUT2D eigenvalue weighted by Gasteiger charge is 2.38. The largest absolute Gasteiger partial charge is 0.455 e. The van der Waals surface area contributed by atoms with E-state index in [1.54, 1.807) is 7.05 Å². The highest BCUT2D eigenvalue weighted by atomic mass is 19.4. The van der Waals surface area contributed by atoms with E-state index < -0.39 is 30.5 Å². The number of amides is 1. The van der Waals surface area contributed by atoms with Crippen LogP contribution in [0.5, 0.6) is 6.01 Å². The third-order valence-electron chi connectivity index (χ3n) is 4.54. The number of aliphatic hydroxyl groups excluding tert-OH is 1. The number of benzene rings is 1. The van der Waals surface area contributed by atoms with Crippen molar-refractivity contribution in [3.05, 3.63) is 53.7 Å². The van der Waals surface area contributed by atoms with Gasteiger partial charge in [0.2, 0.25) is 0 Å². The van der Waals surface area contributed by atoms with E-state index in [2.05, 4.69) is 11.6 Å². The van der Waals surface area contributed by atoms with Crippen molar-refractivity contribution in [1.29, 1.82) is 0 Å². The number of aliphatic hydroxyl groups is 1. The van der Waals surface area contributed by atoms with E-state index in [1.165, 1.54) is 38.6 Å². The second kappa shape index (κ2) is 8.34. The molecule has 1 aliphatic heterocycles. The van der Waals surface area contributed by atoms with E-state index in [4.69, 9.17) is 9.84 Å². The molecule has 30 heavy (non-hydrogen) atoms. The van der Waals surface area contributed by atoms with Crippen LogP contribution in [0.1, 0.15) is 22.5 Å². The smallest absolute Gasteiger partial charge is 0.422 e. The third-order valence-corrected chi connectivity index (χ3v) is 4.54. The van der Waals surface area contributed by atoms with E-state index >= 15 is 0 Å². The average Bonchev–Trinajstić information content (AvgIpc) is 3.04. The van der Waals surface area contributed by atoms with E-state index in [0.717, 1.165) is 0 Å². The molecule has 0 atom stereocenters. The van der Waals surface area contributed by atoms with Gasteiger partial charge >= 0.3 is 6.18 Å². The minimum absolute atomic E-state index is 0.0179. The Morgan fingerprint density at radius 3 is 2.50 bits per heavy atom. The molecular weight excluding hydrogens is 408 g/mol. The number of carbonyl (C=O) groups is 1. The van der Waals surface area contributed by atoms with Gasteiger partial charge in [-0.1, -0.05) is 18.7 Å². The van der Waals surface area contributed by atoms with E-state index in [1.807, 2.05) is 0 Å². The molecule has 7 nitrogen and oxygen atoms in total. The van der Waals surface area contributed by atoms with Crippen LogP contribution in [0, 0.1) is 5.82 Å². The highest BCUT2D eigenvalue weighted by molar-refractivity contribution is 6.01. The van der Waals surface area contributed by atoms with Crippen LogP contribution in [0.15, 0.2) is 36.7 Å². The predicted molar refractivity (Wildman–Crippen MR) is 99.6 cm³/mol. The highest BCUT2D eigenvalue weighted by Crippen LogP contribution is 2.35. The van der Waals surface area contributed by atoms with Crippen molar-refractivity contribution in [2.45, 2.75) is 19.1 Å². The maximum atomic E-state index is 13.2. The molecule has 0 saturated heterocycles. The number of hydrogen-bond acceptors (Lipinski definition) is 5. The van der Waals surface area contributed by atoms with Gasteiger partial charge in [0.25, 0.3) is 11.9 Å². The van der Waals surface area contributed by atoms with Crippen molar-refractivity contribution in [2.24, 2.45) is 0 Å². The van der Waals surface area contributed by atoms with Gasteiger partial charge < -0.3 is 14.7 Å². The summed E-state index contributed by atoms with van der Waals surface area (Å²) in [6, 6.07) is 4.93. The summed E-state index contributed by atoms with van der Waals surface area (Å²) in [6.07, 6.45) is -4.31. The van der Waals surface area contributed by atoms with Crippen LogP contribution < -0.4 is 9.64 Å². The zero-order valence-corrected chi connectivity index (χ0v) is 16.1. The Bertz CT molecular complexity index is 940. The summed E-state index contributed by atoms with van der Waals surface area (Å²) in [5.41, 5.74) is 0.555. The lowest BCUT2D eigenvalue weighted by Gasteiger charge is -2.35. The molecule has 1 aromatic carbocycles. The quantitative estimate of drug-likeness (QED) is 0.687. The molecular formula is C19H20F4N4O3. The van der Waals surface area contributed by atoms with E-state index in [-0.39, 0.29) is 43.4 Å². The fourth-order valence-electron chi connectivity index (χ4n) is 3.05. The monoisotopic (exact) mass is 428 g/mol. The molecule has 0 spiro atoms. The first-order valence-corrected chi connectivity index (χ1v) is 9.02. The van der Waals surface area contributed by atoms with Crippen LogP contribution in [-0.2, 0) is 6.54 Å². The molecule has 162 valence electrons. The van der Waals surface area contributed by atoms with Gasteiger partial charge in [-0.25, -0.2) is 4.39 Å². The number of aromatic nitrogens is 2. The minimum atomic E-state index is -4.60. The standard InChI is InChI=1S/C19H20F4N4O3/c1-12-25(2)16-15(17(29)26(12)8-3-9-28)27(10-13-4-6-14(20)7-5-13)18(24-16)30-11-19(21,22)23/h4-7,28H,1,3,8-11H2,2H3. The summed E-state index contributed by atoms with van der Waals surface area (Å²) in [5.74, 6) is -0.625. The number of anilines is 1. The van der Waals surface area contributed by atoms with E-state index in [9.17, 15) is 22.4 Å². The maximum absolute atomic E-state index is 13.2. The molecule has 0 aliphatic carbocycles. The molecule has 0 unspecified atom stereocenters. The van der Waals surface area contributed by atoms with Crippen molar-refractivity contribution >= 4 is 11.7 Å². The van der Waals surface area contributed by atoms with Gasteiger partial charge in [0.15, 0.2) is 18.1 Å². The first-order chi connectivity index (χ1) is 14.1. The van der Waals surface area contributed by atoms with Gasteiger partial charge in [-0.2, -0.15) is 18.2 Å². The number of imidazole rings is 1. The number of carbonyl (C=O) groups excluding carboxylic acids is 1. The number of fused-ring (bicyclic) bond motifs is 1. The molecule has 1 N–H and O–H groups in total. The first kappa shape index (κ1) is 21.6. The van der Waals surface area contributed by atoms with Gasteiger partial charge in [0.05, 0.1) is 6.54 Å². The summed E-state index contributed by atoms with van der Waals surface area (Å²) < 4.78 is 57.5. The molecule has 0 radical (unpaired) electrons. The third kappa shape index (κ3) is 4.40. The second-order valence-corrected chi connectivity index (χ2v) is 6.69. The molecule has 1 amide bonds. The summed E-state index contributed by atoms with van der Waals surface area (Å²) in [4.78, 5) is 20.0. The van der Waals surface area contributed by atoms with Crippen molar-refractivity contribution in [2.75, 3.05) is 31.7 Å². The van der Waals surface area contributed by atoms with Crippen LogP contribution in [0.4, 0.5) is 23.4 Å². The van der Waals surface area contributed by atoms with Crippen molar-refractivity contribution in [3.63, 3.8) is 0 Å². The lowest BCUT2D eigenvalue weighted by atomic mass is 10.2. The van der Waals surface area contributed by atoms with Gasteiger partial charge in [-0.05, 0) is 24.1 Å². The van der Waals surface area contributed by atoms with Crippen LogP contribution in [0.25, 0.3) is 0 Å². The van der Waals surface area contributed by atoms with Crippen LogP contribution in [0.2, 0.25) is 0 Å². The van der Waals surface area contributed by atoms with E-state index in [0.29, 0.717) is 5.56 Å². The Morgan fingerprint density at radius 1 is 1.23 bits per heavy atom. The van der Waals surface area contributed by atoms with Crippen molar-refractivity contribution < 1.29 is 32.2 Å². The summed E-state index contributed by atoms with van der Waals surface area (Å²) in [5, 5.41) is 9.10. The molecule has 2 aromatic rings. The minimum Gasteiger partial charge on any atom is -0.455 e.